The van der Waals surface area contributed by atoms with Gasteiger partial charge in [0.25, 0.3) is 0 Å². The van der Waals surface area contributed by atoms with E-state index in [2.05, 4.69) is 0 Å². The highest BCUT2D eigenvalue weighted by Crippen LogP contribution is 2.28. The molecule has 66 valence electrons. The minimum absolute atomic E-state index is 0.210. The smallest absolute Gasteiger partial charge is 0.302 e. The predicted octanol–water partition coefficient (Wildman–Crippen LogP) is 0.413. The van der Waals surface area contributed by atoms with Crippen LogP contribution in [-0.2, 0) is 10.2 Å². The summed E-state index contributed by atoms with van der Waals surface area (Å²) >= 11 is 0. The standard InChI is InChI=1S/C6H12FNO2S/c7-11(9,10)2-1-5-3-6(8)4-5/h5-6H,1-4,8H2. The van der Waals surface area contributed by atoms with E-state index in [0.29, 0.717) is 12.3 Å². The van der Waals surface area contributed by atoms with Crippen LogP contribution in [0.3, 0.4) is 0 Å². The van der Waals surface area contributed by atoms with Gasteiger partial charge in [-0.2, -0.15) is 8.42 Å². The molecule has 0 aliphatic heterocycles. The number of nitrogens with two attached hydrogens (primary N) is 1. The molecule has 0 aromatic heterocycles. The van der Waals surface area contributed by atoms with Crippen LogP contribution >= 0.6 is 0 Å². The Kier molecular flexibility index (Phi) is 2.49. The third-order valence-electron chi connectivity index (χ3n) is 2.04. The molecule has 5 heteroatoms. The molecule has 1 fully saturated rings. The average Bonchev–Trinajstić information content (AvgIpc) is 1.75. The van der Waals surface area contributed by atoms with Crippen molar-refractivity contribution in [3.8, 4) is 0 Å². The molecule has 2 N–H and O–H groups in total. The molecule has 1 saturated carbocycles. The van der Waals surface area contributed by atoms with Crippen LogP contribution in [0.25, 0.3) is 0 Å². The molecule has 0 saturated heterocycles. The minimum atomic E-state index is -4.25. The van der Waals surface area contributed by atoms with Crippen LogP contribution in [0.5, 0.6) is 0 Å². The fourth-order valence-corrected chi connectivity index (χ4v) is 1.95. The van der Waals surface area contributed by atoms with Gasteiger partial charge in [0, 0.05) is 6.04 Å². The number of hydrogen-bond acceptors (Lipinski definition) is 3. The van der Waals surface area contributed by atoms with Gasteiger partial charge in [-0.15, -0.1) is 3.89 Å². The first kappa shape index (κ1) is 8.93. The molecule has 0 amide bonds. The van der Waals surface area contributed by atoms with Crippen LogP contribution in [0.2, 0.25) is 0 Å². The van der Waals surface area contributed by atoms with Crippen molar-refractivity contribution in [2.75, 3.05) is 5.75 Å². The van der Waals surface area contributed by atoms with Crippen LogP contribution in [0.1, 0.15) is 19.3 Å². The summed E-state index contributed by atoms with van der Waals surface area (Å²) in [6, 6.07) is 0.210. The Morgan fingerprint density at radius 1 is 1.45 bits per heavy atom. The van der Waals surface area contributed by atoms with Crippen LogP contribution in [0.15, 0.2) is 0 Å². The SMILES string of the molecule is NC1CC(CCS(=O)(=O)F)C1. The predicted molar refractivity (Wildman–Crippen MR) is 40.2 cm³/mol. The highest BCUT2D eigenvalue weighted by Gasteiger charge is 2.26. The first-order valence-corrected chi connectivity index (χ1v) is 5.20. The van der Waals surface area contributed by atoms with Gasteiger partial charge in [-0.05, 0) is 25.2 Å². The van der Waals surface area contributed by atoms with Crippen molar-refractivity contribution < 1.29 is 12.3 Å². The lowest BCUT2D eigenvalue weighted by molar-refractivity contribution is 0.258. The van der Waals surface area contributed by atoms with Crippen molar-refractivity contribution in [2.45, 2.75) is 25.3 Å². The molecule has 0 aromatic carbocycles. The Morgan fingerprint density at radius 2 is 2.00 bits per heavy atom. The summed E-state index contributed by atoms with van der Waals surface area (Å²) in [6.07, 6.45) is 2.11. The van der Waals surface area contributed by atoms with Crippen molar-refractivity contribution in [3.05, 3.63) is 0 Å². The van der Waals surface area contributed by atoms with Crippen molar-refractivity contribution in [3.63, 3.8) is 0 Å². The maximum Gasteiger partial charge on any atom is 0.302 e. The van der Waals surface area contributed by atoms with E-state index < -0.39 is 10.2 Å². The van der Waals surface area contributed by atoms with Crippen LogP contribution in [0, 0.1) is 5.92 Å². The van der Waals surface area contributed by atoms with Gasteiger partial charge in [0.15, 0.2) is 0 Å². The van der Waals surface area contributed by atoms with Crippen molar-refractivity contribution in [1.29, 1.82) is 0 Å². The van der Waals surface area contributed by atoms with Crippen molar-refractivity contribution in [1.82, 2.24) is 0 Å². The molecule has 0 heterocycles. The largest absolute Gasteiger partial charge is 0.328 e. The van der Waals surface area contributed by atoms with Gasteiger partial charge in [-0.1, -0.05) is 0 Å². The molecule has 1 aliphatic rings. The van der Waals surface area contributed by atoms with Gasteiger partial charge < -0.3 is 5.73 Å². The summed E-state index contributed by atoms with van der Waals surface area (Å²) in [7, 11) is -4.25. The Balaban J connectivity index is 2.15. The second kappa shape index (κ2) is 3.06. The summed E-state index contributed by atoms with van der Waals surface area (Å²) in [5.41, 5.74) is 5.47. The molecule has 3 nitrogen and oxygen atoms in total. The van der Waals surface area contributed by atoms with E-state index in [-0.39, 0.29) is 11.8 Å². The van der Waals surface area contributed by atoms with Crippen LogP contribution in [-0.4, -0.2) is 20.2 Å². The molecular weight excluding hydrogens is 169 g/mol. The summed E-state index contributed by atoms with van der Waals surface area (Å²) in [5, 5.41) is 0. The van der Waals surface area contributed by atoms with Gasteiger partial charge in [0.05, 0.1) is 5.75 Å². The lowest BCUT2D eigenvalue weighted by atomic mass is 9.79. The molecule has 1 rings (SSSR count). The Bertz CT molecular complexity index is 221. The van der Waals surface area contributed by atoms with E-state index in [1.165, 1.54) is 0 Å². The topological polar surface area (TPSA) is 60.2 Å². The molecule has 11 heavy (non-hydrogen) atoms. The zero-order valence-corrected chi connectivity index (χ0v) is 6.98. The van der Waals surface area contributed by atoms with Gasteiger partial charge in [-0.3, -0.25) is 0 Å². The lowest BCUT2D eigenvalue weighted by Crippen LogP contribution is -2.36. The number of hydrogen-bond donors (Lipinski definition) is 1. The number of rotatable bonds is 3. The van der Waals surface area contributed by atoms with Gasteiger partial charge in [-0.25, -0.2) is 0 Å². The molecule has 0 unspecified atom stereocenters. The van der Waals surface area contributed by atoms with E-state index in [9.17, 15) is 12.3 Å². The summed E-state index contributed by atoms with van der Waals surface area (Å²) in [6.45, 7) is 0. The van der Waals surface area contributed by atoms with E-state index in [0.717, 1.165) is 12.8 Å². The third-order valence-corrected chi connectivity index (χ3v) is 2.77. The highest BCUT2D eigenvalue weighted by atomic mass is 32.3. The Hall–Kier alpha value is -0.160. The summed E-state index contributed by atoms with van der Waals surface area (Å²) < 4.78 is 32.1. The molecular formula is C6H12FNO2S. The quantitative estimate of drug-likeness (QED) is 0.642. The maximum atomic E-state index is 11.9. The highest BCUT2D eigenvalue weighted by molar-refractivity contribution is 7.86. The molecule has 0 aromatic rings. The lowest BCUT2D eigenvalue weighted by Gasteiger charge is -2.31. The fraction of sp³-hybridized carbons (Fsp3) is 1.00. The number of halogens is 1. The third kappa shape index (κ3) is 3.16. The first-order valence-electron chi connectivity index (χ1n) is 3.65. The Morgan fingerprint density at radius 3 is 2.36 bits per heavy atom. The molecule has 0 spiro atoms. The second-order valence-corrected chi connectivity index (χ2v) is 4.62. The minimum Gasteiger partial charge on any atom is -0.328 e. The van der Waals surface area contributed by atoms with E-state index in [4.69, 9.17) is 5.73 Å². The van der Waals surface area contributed by atoms with Crippen molar-refractivity contribution >= 4 is 10.2 Å². The molecule has 0 radical (unpaired) electrons. The van der Waals surface area contributed by atoms with E-state index >= 15 is 0 Å². The second-order valence-electron chi connectivity index (χ2n) is 3.13. The van der Waals surface area contributed by atoms with Crippen LogP contribution in [0.4, 0.5) is 3.89 Å². The zero-order chi connectivity index (χ0) is 8.48. The van der Waals surface area contributed by atoms with Gasteiger partial charge in [0.1, 0.15) is 0 Å². The zero-order valence-electron chi connectivity index (χ0n) is 6.16. The summed E-state index contributed by atoms with van der Waals surface area (Å²) in [4.78, 5) is 0. The van der Waals surface area contributed by atoms with Gasteiger partial charge >= 0.3 is 10.2 Å². The van der Waals surface area contributed by atoms with E-state index in [1.54, 1.807) is 0 Å². The molecule has 0 bridgehead atoms. The maximum absolute atomic E-state index is 11.9. The molecule has 0 atom stereocenters. The normalized spacial score (nSPS) is 31.5. The molecule has 1 aliphatic carbocycles. The average molecular weight is 181 g/mol. The first-order chi connectivity index (χ1) is 4.97. The Labute approximate surface area is 66.0 Å². The van der Waals surface area contributed by atoms with Crippen molar-refractivity contribution in [2.24, 2.45) is 11.7 Å². The monoisotopic (exact) mass is 181 g/mol. The van der Waals surface area contributed by atoms with E-state index in [1.807, 2.05) is 0 Å². The fourth-order valence-electron chi connectivity index (χ4n) is 1.33. The van der Waals surface area contributed by atoms with Gasteiger partial charge in [0.2, 0.25) is 0 Å². The summed E-state index contributed by atoms with van der Waals surface area (Å²) in [5.74, 6) is -0.0137. The van der Waals surface area contributed by atoms with Crippen LogP contribution < -0.4 is 5.73 Å².